The molecule has 0 saturated carbocycles. The first-order chi connectivity index (χ1) is 13.5. The maximum atomic E-state index is 10.9. The molecule has 1 aromatic heterocycles. The first-order valence-corrected chi connectivity index (χ1v) is 8.77. The second-order valence-electron chi connectivity index (χ2n) is 5.96. The summed E-state index contributed by atoms with van der Waals surface area (Å²) in [5.74, 6) is 0.181. The van der Waals surface area contributed by atoms with E-state index in [1.165, 1.54) is 6.07 Å². The van der Waals surface area contributed by atoms with Gasteiger partial charge in [-0.3, -0.25) is 4.99 Å². The van der Waals surface area contributed by atoms with Crippen LogP contribution in [0.1, 0.15) is 27.4 Å². The van der Waals surface area contributed by atoms with Crippen molar-refractivity contribution in [3.8, 4) is 11.5 Å². The van der Waals surface area contributed by atoms with Crippen LogP contribution in [0.3, 0.4) is 0 Å². The summed E-state index contributed by atoms with van der Waals surface area (Å²) < 4.78 is 16.2. The van der Waals surface area contributed by atoms with Crippen LogP contribution >= 0.6 is 11.6 Å². The molecule has 0 amide bonds. The number of methoxy groups -OCH3 is 1. The van der Waals surface area contributed by atoms with Crippen LogP contribution in [-0.4, -0.2) is 24.4 Å². The van der Waals surface area contributed by atoms with Crippen molar-refractivity contribution in [3.05, 3.63) is 76.2 Å². The first-order valence-electron chi connectivity index (χ1n) is 8.39. The van der Waals surface area contributed by atoms with Crippen LogP contribution in [0.25, 0.3) is 0 Å². The third-order valence-corrected chi connectivity index (χ3v) is 4.19. The van der Waals surface area contributed by atoms with Crippen molar-refractivity contribution in [2.45, 2.75) is 13.5 Å². The number of hydrogen-bond donors (Lipinski definition) is 1. The molecule has 1 N–H and O–H groups in total. The highest BCUT2D eigenvalue weighted by atomic mass is 35.5. The average molecular weight is 400 g/mol. The molecule has 0 aliphatic carbocycles. The molecule has 0 fully saturated rings. The van der Waals surface area contributed by atoms with E-state index in [1.807, 2.05) is 25.1 Å². The third kappa shape index (κ3) is 4.72. The number of hydrogen-bond acceptors (Lipinski definition) is 5. The molecule has 3 rings (SSSR count). The van der Waals surface area contributed by atoms with Gasteiger partial charge in [-0.1, -0.05) is 17.7 Å². The minimum absolute atomic E-state index is 0.0821. The Balaban J connectivity index is 1.73. The predicted molar refractivity (Wildman–Crippen MR) is 106 cm³/mol. The van der Waals surface area contributed by atoms with Gasteiger partial charge < -0.3 is 19.0 Å². The van der Waals surface area contributed by atoms with Gasteiger partial charge in [0.05, 0.1) is 12.8 Å². The van der Waals surface area contributed by atoms with Gasteiger partial charge in [-0.2, -0.15) is 0 Å². The number of ether oxygens (including phenoxy) is 2. The van der Waals surface area contributed by atoms with Gasteiger partial charge in [-0.25, -0.2) is 4.79 Å². The molecule has 0 atom stereocenters. The van der Waals surface area contributed by atoms with Crippen molar-refractivity contribution in [2.75, 3.05) is 7.11 Å². The van der Waals surface area contributed by atoms with Crippen molar-refractivity contribution in [1.29, 1.82) is 0 Å². The van der Waals surface area contributed by atoms with Crippen LogP contribution in [0.2, 0.25) is 5.02 Å². The van der Waals surface area contributed by atoms with E-state index in [-0.39, 0.29) is 12.4 Å². The summed E-state index contributed by atoms with van der Waals surface area (Å²) in [4.78, 5) is 15.3. The van der Waals surface area contributed by atoms with Crippen LogP contribution in [0.4, 0.5) is 5.69 Å². The van der Waals surface area contributed by atoms with Crippen LogP contribution < -0.4 is 9.47 Å². The van der Waals surface area contributed by atoms with E-state index in [1.54, 1.807) is 37.6 Å². The minimum atomic E-state index is -1.12. The largest absolute Gasteiger partial charge is 0.493 e. The molecule has 1 heterocycles. The number of benzene rings is 2. The van der Waals surface area contributed by atoms with E-state index in [0.29, 0.717) is 22.3 Å². The van der Waals surface area contributed by atoms with Gasteiger partial charge in [0, 0.05) is 11.2 Å². The predicted octanol–water partition coefficient (Wildman–Crippen LogP) is 5.28. The molecule has 0 aliphatic rings. The van der Waals surface area contributed by atoms with Gasteiger partial charge in [-0.15, -0.1) is 0 Å². The second kappa shape index (κ2) is 8.63. The molecule has 0 spiro atoms. The lowest BCUT2D eigenvalue weighted by molar-refractivity contribution is 0.0658. The lowest BCUT2D eigenvalue weighted by Gasteiger charge is -2.10. The van der Waals surface area contributed by atoms with Crippen LogP contribution in [-0.2, 0) is 6.61 Å². The molecule has 7 heteroatoms. The number of carbonyl (C=O) groups is 1. The fraction of sp³-hybridized carbons (Fsp3) is 0.143. The van der Waals surface area contributed by atoms with Gasteiger partial charge in [0.1, 0.15) is 12.4 Å². The zero-order valence-corrected chi connectivity index (χ0v) is 16.1. The number of carboxylic acid groups (broad SMARTS) is 1. The van der Waals surface area contributed by atoms with Gasteiger partial charge in [0.15, 0.2) is 11.5 Å². The highest BCUT2D eigenvalue weighted by molar-refractivity contribution is 6.30. The number of carboxylic acids is 1. The Kier molecular flexibility index (Phi) is 6.01. The summed E-state index contributed by atoms with van der Waals surface area (Å²) in [6, 6.07) is 13.9. The Bertz CT molecular complexity index is 1030. The molecule has 144 valence electrons. The van der Waals surface area contributed by atoms with E-state index >= 15 is 0 Å². The van der Waals surface area contributed by atoms with E-state index in [2.05, 4.69) is 4.99 Å². The Morgan fingerprint density at radius 3 is 2.71 bits per heavy atom. The van der Waals surface area contributed by atoms with Crippen molar-refractivity contribution in [2.24, 2.45) is 4.99 Å². The summed E-state index contributed by atoms with van der Waals surface area (Å²) in [6.07, 6.45) is 1.72. The van der Waals surface area contributed by atoms with Gasteiger partial charge >= 0.3 is 5.97 Å². The van der Waals surface area contributed by atoms with Crippen LogP contribution in [0.5, 0.6) is 11.5 Å². The van der Waals surface area contributed by atoms with Gasteiger partial charge in [-0.05, 0) is 60.5 Å². The summed E-state index contributed by atoms with van der Waals surface area (Å²) >= 11 is 6.02. The molecule has 0 aliphatic heterocycles. The molecular formula is C21H18ClNO5. The first kappa shape index (κ1) is 19.5. The zero-order valence-electron chi connectivity index (χ0n) is 15.3. The third-order valence-electron chi connectivity index (χ3n) is 3.95. The molecule has 0 bridgehead atoms. The monoisotopic (exact) mass is 399 g/mol. The topological polar surface area (TPSA) is 81.3 Å². The zero-order chi connectivity index (χ0) is 20.1. The second-order valence-corrected chi connectivity index (χ2v) is 6.40. The number of halogens is 1. The number of furan rings is 1. The fourth-order valence-corrected chi connectivity index (χ4v) is 2.64. The number of aliphatic imine (C=N–C) groups is 1. The molecule has 0 radical (unpaired) electrons. The average Bonchev–Trinajstić information content (AvgIpc) is 3.16. The van der Waals surface area contributed by atoms with E-state index in [0.717, 1.165) is 16.8 Å². The van der Waals surface area contributed by atoms with E-state index in [9.17, 15) is 4.79 Å². The number of rotatable bonds is 7. The smallest absolute Gasteiger partial charge is 0.371 e. The van der Waals surface area contributed by atoms with Crippen LogP contribution in [0, 0.1) is 6.92 Å². The van der Waals surface area contributed by atoms with Crippen LogP contribution in [0.15, 0.2) is 57.9 Å². The molecule has 6 nitrogen and oxygen atoms in total. The Labute approximate surface area is 167 Å². The van der Waals surface area contributed by atoms with E-state index in [4.69, 9.17) is 30.6 Å². The Morgan fingerprint density at radius 2 is 2.00 bits per heavy atom. The highest BCUT2D eigenvalue weighted by Gasteiger charge is 2.11. The van der Waals surface area contributed by atoms with Crippen molar-refractivity contribution < 1.29 is 23.8 Å². The van der Waals surface area contributed by atoms with Gasteiger partial charge in [0.25, 0.3) is 0 Å². The molecule has 2 aromatic carbocycles. The Morgan fingerprint density at radius 1 is 1.18 bits per heavy atom. The number of nitrogens with zero attached hydrogens (tertiary/aromatic N) is 1. The molecule has 3 aromatic rings. The van der Waals surface area contributed by atoms with Crippen molar-refractivity contribution >= 4 is 29.5 Å². The maximum Gasteiger partial charge on any atom is 0.371 e. The number of aryl methyl sites for hydroxylation is 1. The molecule has 0 unspecified atom stereocenters. The summed E-state index contributed by atoms with van der Waals surface area (Å²) in [7, 11) is 1.54. The standard InChI is InChI=1S/C21H18ClNO5/c1-13-3-5-15(22)10-17(13)23-11-14-4-7-18(20(9-14)26-2)27-12-16-6-8-19(28-16)21(24)25/h3-11H,12H2,1-2H3,(H,24,25). The van der Waals surface area contributed by atoms with Gasteiger partial charge in [0.2, 0.25) is 5.76 Å². The fourth-order valence-electron chi connectivity index (χ4n) is 2.47. The molecular weight excluding hydrogens is 382 g/mol. The van der Waals surface area contributed by atoms with Crippen molar-refractivity contribution in [3.63, 3.8) is 0 Å². The summed E-state index contributed by atoms with van der Waals surface area (Å²) in [6.45, 7) is 2.05. The minimum Gasteiger partial charge on any atom is -0.493 e. The number of aromatic carboxylic acids is 1. The van der Waals surface area contributed by atoms with E-state index < -0.39 is 5.97 Å². The molecule has 28 heavy (non-hydrogen) atoms. The quantitative estimate of drug-likeness (QED) is 0.547. The highest BCUT2D eigenvalue weighted by Crippen LogP contribution is 2.29. The molecule has 0 saturated heterocycles. The summed E-state index contributed by atoms with van der Waals surface area (Å²) in [5, 5.41) is 9.51. The summed E-state index contributed by atoms with van der Waals surface area (Å²) in [5.41, 5.74) is 2.64. The lowest BCUT2D eigenvalue weighted by atomic mass is 10.2. The lowest BCUT2D eigenvalue weighted by Crippen LogP contribution is -1.98. The van der Waals surface area contributed by atoms with Crippen molar-refractivity contribution in [1.82, 2.24) is 0 Å². The normalized spacial score (nSPS) is 11.0. The maximum absolute atomic E-state index is 10.9. The SMILES string of the molecule is COc1cc(C=Nc2cc(Cl)ccc2C)ccc1OCc1ccc(C(=O)O)o1. The Hall–Kier alpha value is -3.25.